The summed E-state index contributed by atoms with van der Waals surface area (Å²) in [5.74, 6) is 0.435. The maximum absolute atomic E-state index is 11.4. The van der Waals surface area contributed by atoms with Crippen molar-refractivity contribution in [2.75, 3.05) is 0 Å². The largest absolute Gasteiger partial charge is 0.328 e. The Balaban J connectivity index is 3.00. The molecule has 0 radical (unpaired) electrons. The molecule has 0 aliphatic heterocycles. The molecule has 1 aromatic rings. The molecule has 4 nitrogen and oxygen atoms in total. The summed E-state index contributed by atoms with van der Waals surface area (Å²) in [6, 6.07) is 0. The van der Waals surface area contributed by atoms with Crippen molar-refractivity contribution in [3.05, 3.63) is 32.1 Å². The zero-order valence-electron chi connectivity index (χ0n) is 8.92. The highest BCUT2D eigenvalue weighted by Crippen LogP contribution is 2.09. The van der Waals surface area contributed by atoms with Gasteiger partial charge in [-0.3, -0.25) is 14.3 Å². The number of H-pyrrole nitrogens is 1. The number of aromatic nitrogens is 2. The van der Waals surface area contributed by atoms with E-state index in [4.69, 9.17) is 11.6 Å². The predicted molar refractivity (Wildman–Crippen MR) is 60.4 cm³/mol. The number of nitrogens with one attached hydrogen (secondary N) is 1. The minimum absolute atomic E-state index is 0.0561. The molecule has 0 bridgehead atoms. The van der Waals surface area contributed by atoms with Gasteiger partial charge in [-0.1, -0.05) is 38.3 Å². The van der Waals surface area contributed by atoms with Crippen LogP contribution < -0.4 is 11.2 Å². The summed E-state index contributed by atoms with van der Waals surface area (Å²) >= 11 is 5.65. The van der Waals surface area contributed by atoms with Crippen LogP contribution in [0.15, 0.2) is 15.8 Å². The standard InChI is InChI=1S/C10H15ClN2O2/c1-3-7(4-2)5-13-6-8(11)9(14)12-10(13)15/h6-7H,3-5H2,1-2H3,(H,12,14,15). The fourth-order valence-electron chi connectivity index (χ4n) is 1.44. The number of hydrogen-bond donors (Lipinski definition) is 1. The molecule has 1 N–H and O–H groups in total. The van der Waals surface area contributed by atoms with Gasteiger partial charge < -0.3 is 0 Å². The van der Waals surface area contributed by atoms with E-state index in [9.17, 15) is 9.59 Å². The summed E-state index contributed by atoms with van der Waals surface area (Å²) in [7, 11) is 0. The summed E-state index contributed by atoms with van der Waals surface area (Å²) in [5, 5.41) is 0.0561. The van der Waals surface area contributed by atoms with Gasteiger partial charge in [0.15, 0.2) is 0 Å². The minimum atomic E-state index is -0.525. The molecule has 0 saturated carbocycles. The molecule has 0 unspecified atom stereocenters. The number of hydrogen-bond acceptors (Lipinski definition) is 2. The molecular weight excluding hydrogens is 216 g/mol. The van der Waals surface area contributed by atoms with Gasteiger partial charge in [0.25, 0.3) is 5.56 Å². The topological polar surface area (TPSA) is 54.9 Å². The quantitative estimate of drug-likeness (QED) is 0.855. The van der Waals surface area contributed by atoms with E-state index in [1.165, 1.54) is 10.8 Å². The lowest BCUT2D eigenvalue weighted by Gasteiger charge is -2.13. The third-order valence-electron chi connectivity index (χ3n) is 2.58. The van der Waals surface area contributed by atoms with E-state index < -0.39 is 11.2 Å². The Hall–Kier alpha value is -1.03. The normalized spacial score (nSPS) is 10.9. The highest BCUT2D eigenvalue weighted by Gasteiger charge is 2.07. The van der Waals surface area contributed by atoms with Gasteiger partial charge >= 0.3 is 5.69 Å². The maximum atomic E-state index is 11.4. The Bertz CT molecular complexity index is 432. The van der Waals surface area contributed by atoms with Crippen LogP contribution >= 0.6 is 11.6 Å². The first kappa shape index (κ1) is 12.0. The van der Waals surface area contributed by atoms with Crippen LogP contribution in [0.4, 0.5) is 0 Å². The molecular formula is C10H15ClN2O2. The smallest absolute Gasteiger partial charge is 0.299 e. The average Bonchev–Trinajstić information content (AvgIpc) is 2.21. The van der Waals surface area contributed by atoms with Gasteiger partial charge in [0.05, 0.1) is 0 Å². The fourth-order valence-corrected chi connectivity index (χ4v) is 1.61. The van der Waals surface area contributed by atoms with Gasteiger partial charge in [-0.15, -0.1) is 0 Å². The minimum Gasteiger partial charge on any atom is -0.299 e. The van der Waals surface area contributed by atoms with E-state index in [-0.39, 0.29) is 5.02 Å². The maximum Gasteiger partial charge on any atom is 0.328 e. The zero-order chi connectivity index (χ0) is 11.4. The highest BCUT2D eigenvalue weighted by atomic mass is 35.5. The van der Waals surface area contributed by atoms with E-state index in [0.29, 0.717) is 12.5 Å². The van der Waals surface area contributed by atoms with Crippen molar-refractivity contribution in [3.8, 4) is 0 Å². The van der Waals surface area contributed by atoms with E-state index in [1.54, 1.807) is 0 Å². The van der Waals surface area contributed by atoms with Crippen molar-refractivity contribution >= 4 is 11.6 Å². The lowest BCUT2D eigenvalue weighted by molar-refractivity contribution is 0.407. The molecule has 1 rings (SSSR count). The first-order valence-electron chi connectivity index (χ1n) is 5.07. The molecule has 1 aromatic heterocycles. The Labute approximate surface area is 92.9 Å². The molecule has 0 aliphatic rings. The molecule has 0 amide bonds. The molecule has 15 heavy (non-hydrogen) atoms. The number of halogens is 1. The second-order valence-corrected chi connectivity index (χ2v) is 3.98. The lowest BCUT2D eigenvalue weighted by Crippen LogP contribution is -2.31. The SMILES string of the molecule is CCC(CC)Cn1cc(Cl)c(=O)[nH]c1=O. The zero-order valence-corrected chi connectivity index (χ0v) is 9.67. The van der Waals surface area contributed by atoms with Crippen LogP contribution in [0.25, 0.3) is 0 Å². The van der Waals surface area contributed by atoms with Crippen LogP contribution in [0.5, 0.6) is 0 Å². The van der Waals surface area contributed by atoms with Gasteiger partial charge in [0.1, 0.15) is 5.02 Å². The Kier molecular flexibility index (Phi) is 4.15. The van der Waals surface area contributed by atoms with E-state index in [2.05, 4.69) is 18.8 Å². The Morgan fingerprint density at radius 2 is 2.00 bits per heavy atom. The fraction of sp³-hybridized carbons (Fsp3) is 0.600. The van der Waals surface area contributed by atoms with Crippen LogP contribution in [0, 0.1) is 5.92 Å². The number of nitrogens with zero attached hydrogens (tertiary/aromatic N) is 1. The molecule has 0 atom stereocenters. The van der Waals surface area contributed by atoms with Crippen molar-refractivity contribution in [2.45, 2.75) is 33.2 Å². The first-order valence-corrected chi connectivity index (χ1v) is 5.45. The third-order valence-corrected chi connectivity index (χ3v) is 2.85. The summed E-state index contributed by atoms with van der Waals surface area (Å²) in [5.41, 5.74) is -0.918. The molecule has 5 heteroatoms. The summed E-state index contributed by atoms with van der Waals surface area (Å²) in [6.07, 6.45) is 3.40. The molecule has 0 aromatic carbocycles. The molecule has 84 valence electrons. The number of aromatic amines is 1. The van der Waals surface area contributed by atoms with Crippen LogP contribution in [-0.4, -0.2) is 9.55 Å². The molecule has 0 fully saturated rings. The van der Waals surface area contributed by atoms with Crippen LogP contribution in [0.2, 0.25) is 5.02 Å². The van der Waals surface area contributed by atoms with E-state index in [0.717, 1.165) is 12.8 Å². The van der Waals surface area contributed by atoms with Gasteiger partial charge in [-0.25, -0.2) is 4.79 Å². The second-order valence-electron chi connectivity index (χ2n) is 3.57. The Morgan fingerprint density at radius 3 is 2.53 bits per heavy atom. The highest BCUT2D eigenvalue weighted by molar-refractivity contribution is 6.30. The number of rotatable bonds is 4. The van der Waals surface area contributed by atoms with Gasteiger partial charge in [-0.05, 0) is 5.92 Å². The predicted octanol–water partition coefficient (Wildman–Crippen LogP) is 1.63. The molecule has 0 aliphatic carbocycles. The van der Waals surface area contributed by atoms with E-state index >= 15 is 0 Å². The third kappa shape index (κ3) is 2.96. The van der Waals surface area contributed by atoms with Gasteiger partial charge in [-0.2, -0.15) is 0 Å². The second kappa shape index (κ2) is 5.16. The molecule has 0 spiro atoms. The van der Waals surface area contributed by atoms with Crippen LogP contribution in [0.3, 0.4) is 0 Å². The van der Waals surface area contributed by atoms with E-state index in [1.807, 2.05) is 0 Å². The van der Waals surface area contributed by atoms with Crippen LogP contribution in [-0.2, 0) is 6.54 Å². The van der Waals surface area contributed by atoms with Crippen LogP contribution in [0.1, 0.15) is 26.7 Å². The summed E-state index contributed by atoms with van der Waals surface area (Å²) in [4.78, 5) is 24.6. The first-order chi connectivity index (χ1) is 7.08. The molecule has 0 saturated heterocycles. The van der Waals surface area contributed by atoms with Crippen molar-refractivity contribution in [1.82, 2.24) is 9.55 Å². The lowest BCUT2D eigenvalue weighted by atomic mass is 10.0. The summed E-state index contributed by atoms with van der Waals surface area (Å²) < 4.78 is 1.46. The average molecular weight is 231 g/mol. The molecule has 1 heterocycles. The van der Waals surface area contributed by atoms with Gasteiger partial charge in [0, 0.05) is 12.7 Å². The summed E-state index contributed by atoms with van der Waals surface area (Å²) in [6.45, 7) is 4.75. The van der Waals surface area contributed by atoms with Crippen molar-refractivity contribution in [1.29, 1.82) is 0 Å². The van der Waals surface area contributed by atoms with Crippen molar-refractivity contribution < 1.29 is 0 Å². The monoisotopic (exact) mass is 230 g/mol. The van der Waals surface area contributed by atoms with Gasteiger partial charge in [0.2, 0.25) is 0 Å². The van der Waals surface area contributed by atoms with Crippen molar-refractivity contribution in [3.63, 3.8) is 0 Å². The van der Waals surface area contributed by atoms with Crippen molar-refractivity contribution in [2.24, 2.45) is 5.92 Å². The Morgan fingerprint density at radius 1 is 1.40 bits per heavy atom.